The fourth-order valence-electron chi connectivity index (χ4n) is 2.50. The van der Waals surface area contributed by atoms with Crippen molar-refractivity contribution in [1.29, 1.82) is 0 Å². The second-order valence-electron chi connectivity index (χ2n) is 5.70. The monoisotopic (exact) mass is 256 g/mol. The highest BCUT2D eigenvalue weighted by molar-refractivity contribution is 5.75. The molecule has 1 saturated carbocycles. The predicted octanol–water partition coefficient (Wildman–Crippen LogP) is 1.42. The van der Waals surface area contributed by atoms with Crippen molar-refractivity contribution in [2.24, 2.45) is 17.6 Å². The van der Waals surface area contributed by atoms with Gasteiger partial charge >= 0.3 is 0 Å². The first kappa shape index (κ1) is 15.4. The minimum atomic E-state index is -0.117. The Balaban J connectivity index is 2.06. The SMILES string of the molecule is CC(CCN)CCC(=O)NCC1CCC(O)CC1. The Morgan fingerprint density at radius 3 is 2.61 bits per heavy atom. The van der Waals surface area contributed by atoms with Crippen LogP contribution in [0.3, 0.4) is 0 Å². The smallest absolute Gasteiger partial charge is 0.220 e. The van der Waals surface area contributed by atoms with Crippen molar-refractivity contribution in [3.05, 3.63) is 0 Å². The van der Waals surface area contributed by atoms with E-state index < -0.39 is 0 Å². The summed E-state index contributed by atoms with van der Waals surface area (Å²) in [6.07, 6.45) is 6.24. The van der Waals surface area contributed by atoms with Crippen molar-refractivity contribution in [3.8, 4) is 0 Å². The number of hydrogen-bond donors (Lipinski definition) is 3. The van der Waals surface area contributed by atoms with Gasteiger partial charge in [0.15, 0.2) is 0 Å². The summed E-state index contributed by atoms with van der Waals surface area (Å²) in [5, 5.41) is 12.4. The molecule has 4 heteroatoms. The summed E-state index contributed by atoms with van der Waals surface area (Å²) in [4.78, 5) is 11.7. The van der Waals surface area contributed by atoms with Gasteiger partial charge in [0.2, 0.25) is 5.91 Å². The molecule has 1 amide bonds. The molecule has 106 valence electrons. The Bertz CT molecular complexity index is 238. The topological polar surface area (TPSA) is 75.4 Å². The number of aliphatic hydroxyl groups is 1. The second-order valence-corrected chi connectivity index (χ2v) is 5.70. The van der Waals surface area contributed by atoms with Crippen molar-refractivity contribution < 1.29 is 9.90 Å². The number of carbonyl (C=O) groups excluding carboxylic acids is 1. The Labute approximate surface area is 110 Å². The van der Waals surface area contributed by atoms with Crippen LogP contribution in [0.2, 0.25) is 0 Å². The summed E-state index contributed by atoms with van der Waals surface area (Å²) in [5.74, 6) is 1.24. The van der Waals surface area contributed by atoms with E-state index in [0.717, 1.165) is 45.1 Å². The number of nitrogens with one attached hydrogen (secondary N) is 1. The lowest BCUT2D eigenvalue weighted by Gasteiger charge is -2.25. The molecule has 0 radical (unpaired) electrons. The summed E-state index contributed by atoms with van der Waals surface area (Å²) >= 11 is 0. The lowest BCUT2D eigenvalue weighted by molar-refractivity contribution is -0.121. The molecule has 4 nitrogen and oxygen atoms in total. The van der Waals surface area contributed by atoms with Crippen molar-refractivity contribution in [2.45, 2.75) is 58.0 Å². The van der Waals surface area contributed by atoms with Crippen molar-refractivity contribution in [3.63, 3.8) is 0 Å². The van der Waals surface area contributed by atoms with E-state index in [1.54, 1.807) is 0 Å². The van der Waals surface area contributed by atoms with Crippen LogP contribution >= 0.6 is 0 Å². The van der Waals surface area contributed by atoms with E-state index in [9.17, 15) is 9.90 Å². The van der Waals surface area contributed by atoms with Gasteiger partial charge in [0.25, 0.3) is 0 Å². The molecule has 0 aromatic carbocycles. The first-order valence-corrected chi connectivity index (χ1v) is 7.26. The molecule has 0 saturated heterocycles. The Kier molecular flexibility index (Phi) is 7.28. The summed E-state index contributed by atoms with van der Waals surface area (Å²) < 4.78 is 0. The maximum Gasteiger partial charge on any atom is 0.220 e. The molecular weight excluding hydrogens is 228 g/mol. The Hall–Kier alpha value is -0.610. The first-order chi connectivity index (χ1) is 8.61. The number of amides is 1. The first-order valence-electron chi connectivity index (χ1n) is 7.26. The zero-order valence-corrected chi connectivity index (χ0v) is 11.5. The minimum absolute atomic E-state index is 0.117. The molecular formula is C14H28N2O2. The molecule has 0 spiro atoms. The van der Waals surface area contributed by atoms with Crippen LogP contribution in [0.4, 0.5) is 0 Å². The maximum atomic E-state index is 11.7. The second kappa shape index (κ2) is 8.48. The van der Waals surface area contributed by atoms with Gasteiger partial charge in [-0.25, -0.2) is 0 Å². The van der Waals surface area contributed by atoms with Crippen LogP contribution < -0.4 is 11.1 Å². The van der Waals surface area contributed by atoms with Gasteiger partial charge in [-0.1, -0.05) is 6.92 Å². The third kappa shape index (κ3) is 6.36. The van der Waals surface area contributed by atoms with Gasteiger partial charge in [-0.05, 0) is 56.9 Å². The van der Waals surface area contributed by atoms with E-state index in [0.29, 0.717) is 24.8 Å². The highest BCUT2D eigenvalue weighted by Crippen LogP contribution is 2.23. The Morgan fingerprint density at radius 2 is 2.00 bits per heavy atom. The average Bonchev–Trinajstić information content (AvgIpc) is 2.36. The molecule has 1 atom stereocenters. The molecule has 1 aliphatic carbocycles. The van der Waals surface area contributed by atoms with E-state index in [2.05, 4.69) is 12.2 Å². The summed E-state index contributed by atoms with van der Waals surface area (Å²) in [6, 6.07) is 0. The third-order valence-corrected chi connectivity index (χ3v) is 3.93. The van der Waals surface area contributed by atoms with Gasteiger partial charge in [-0.2, -0.15) is 0 Å². The van der Waals surface area contributed by atoms with Gasteiger partial charge in [-0.15, -0.1) is 0 Å². The van der Waals surface area contributed by atoms with Crippen LogP contribution in [0, 0.1) is 11.8 Å². The van der Waals surface area contributed by atoms with Gasteiger partial charge in [0.1, 0.15) is 0 Å². The molecule has 0 aromatic heterocycles. The highest BCUT2D eigenvalue weighted by Gasteiger charge is 2.19. The van der Waals surface area contributed by atoms with Gasteiger partial charge in [0.05, 0.1) is 6.10 Å². The van der Waals surface area contributed by atoms with Crippen molar-refractivity contribution >= 4 is 5.91 Å². The number of aliphatic hydroxyl groups excluding tert-OH is 1. The normalized spacial score (nSPS) is 25.7. The third-order valence-electron chi connectivity index (χ3n) is 3.93. The van der Waals surface area contributed by atoms with Crippen LogP contribution in [0.1, 0.15) is 51.9 Å². The minimum Gasteiger partial charge on any atom is -0.393 e. The quantitative estimate of drug-likeness (QED) is 0.645. The van der Waals surface area contributed by atoms with Crippen LogP contribution in [0.25, 0.3) is 0 Å². The molecule has 0 bridgehead atoms. The molecule has 1 rings (SSSR count). The molecule has 18 heavy (non-hydrogen) atoms. The zero-order chi connectivity index (χ0) is 13.4. The summed E-state index contributed by atoms with van der Waals surface area (Å²) in [7, 11) is 0. The molecule has 4 N–H and O–H groups in total. The standard InChI is InChI=1S/C14H28N2O2/c1-11(8-9-15)2-7-14(18)16-10-12-3-5-13(17)6-4-12/h11-13,17H,2-10,15H2,1H3,(H,16,18). The molecule has 1 fully saturated rings. The van der Waals surface area contributed by atoms with Crippen LogP contribution in [0.15, 0.2) is 0 Å². The predicted molar refractivity (Wildman–Crippen MR) is 73.0 cm³/mol. The summed E-state index contributed by atoms with van der Waals surface area (Å²) in [5.41, 5.74) is 5.48. The molecule has 0 aromatic rings. The van der Waals surface area contributed by atoms with Crippen molar-refractivity contribution in [2.75, 3.05) is 13.1 Å². The molecule has 0 heterocycles. The van der Waals surface area contributed by atoms with Crippen molar-refractivity contribution in [1.82, 2.24) is 5.32 Å². The Morgan fingerprint density at radius 1 is 1.33 bits per heavy atom. The fourth-order valence-corrected chi connectivity index (χ4v) is 2.50. The average molecular weight is 256 g/mol. The van der Waals surface area contributed by atoms with E-state index in [1.807, 2.05) is 0 Å². The maximum absolute atomic E-state index is 11.7. The number of nitrogens with two attached hydrogens (primary N) is 1. The zero-order valence-electron chi connectivity index (χ0n) is 11.5. The van der Waals surface area contributed by atoms with E-state index in [4.69, 9.17) is 5.73 Å². The van der Waals surface area contributed by atoms with Gasteiger partial charge < -0.3 is 16.2 Å². The van der Waals surface area contributed by atoms with Crippen LogP contribution in [-0.2, 0) is 4.79 Å². The molecule has 1 aliphatic rings. The largest absolute Gasteiger partial charge is 0.393 e. The summed E-state index contributed by atoms with van der Waals surface area (Å²) in [6.45, 7) is 3.62. The van der Waals surface area contributed by atoms with E-state index in [1.165, 1.54) is 0 Å². The van der Waals surface area contributed by atoms with Crippen LogP contribution in [-0.4, -0.2) is 30.2 Å². The van der Waals surface area contributed by atoms with E-state index in [-0.39, 0.29) is 12.0 Å². The van der Waals surface area contributed by atoms with Gasteiger partial charge in [0, 0.05) is 13.0 Å². The fraction of sp³-hybridized carbons (Fsp3) is 0.929. The highest BCUT2D eigenvalue weighted by atomic mass is 16.3. The number of carbonyl (C=O) groups is 1. The lowest BCUT2D eigenvalue weighted by atomic mass is 9.87. The van der Waals surface area contributed by atoms with E-state index >= 15 is 0 Å². The lowest BCUT2D eigenvalue weighted by Crippen LogP contribution is -2.32. The molecule has 1 unspecified atom stereocenters. The number of rotatable bonds is 7. The number of hydrogen-bond acceptors (Lipinski definition) is 3. The van der Waals surface area contributed by atoms with Gasteiger partial charge in [-0.3, -0.25) is 4.79 Å². The van der Waals surface area contributed by atoms with Crippen LogP contribution in [0.5, 0.6) is 0 Å². The molecule has 0 aliphatic heterocycles.